The van der Waals surface area contributed by atoms with Crippen LogP contribution in [0, 0.1) is 5.92 Å². The molecule has 0 spiro atoms. The monoisotopic (exact) mass is 218 g/mol. The van der Waals surface area contributed by atoms with Gasteiger partial charge in [-0.15, -0.1) is 0 Å². The maximum atomic E-state index is 11.2. The summed E-state index contributed by atoms with van der Waals surface area (Å²) in [5.41, 5.74) is 9.42. The van der Waals surface area contributed by atoms with E-state index in [0.29, 0.717) is 6.42 Å². The number of nitrogens with two attached hydrogens (primary N) is 2. The second-order valence-electron chi connectivity index (χ2n) is 2.98. The van der Waals surface area contributed by atoms with Gasteiger partial charge in [0, 0.05) is 5.92 Å². The fraction of sp³-hybridized carbons (Fsp3) is 0.625. The summed E-state index contributed by atoms with van der Waals surface area (Å²) < 4.78 is 8.63. The Bertz CT molecular complexity index is 266. The van der Waals surface area contributed by atoms with Crippen LogP contribution in [0.4, 0.5) is 9.59 Å². The molecule has 0 rings (SSSR count). The molecule has 0 bridgehead atoms. The average Bonchev–Trinajstić information content (AvgIpc) is 2.11. The summed E-state index contributed by atoms with van der Waals surface area (Å²) in [5.74, 6) is -1.33. The maximum Gasteiger partial charge on any atom is 0.412 e. The van der Waals surface area contributed by atoms with E-state index in [0.717, 1.165) is 0 Å². The van der Waals surface area contributed by atoms with E-state index in [9.17, 15) is 14.4 Å². The zero-order valence-electron chi connectivity index (χ0n) is 8.56. The highest BCUT2D eigenvalue weighted by atomic mass is 16.6. The minimum Gasteiger partial charge on any atom is -0.434 e. The van der Waals surface area contributed by atoms with Gasteiger partial charge in [-0.3, -0.25) is 0 Å². The summed E-state index contributed by atoms with van der Waals surface area (Å²) in [5, 5.41) is 0. The molecule has 2 amide bonds. The molecule has 0 aromatic heterocycles. The van der Waals surface area contributed by atoms with Crippen LogP contribution < -0.4 is 11.5 Å². The normalized spacial score (nSPS) is 13.7. The van der Waals surface area contributed by atoms with Gasteiger partial charge in [-0.2, -0.15) is 0 Å². The third-order valence-electron chi connectivity index (χ3n) is 1.84. The summed E-state index contributed by atoms with van der Waals surface area (Å²) in [6, 6.07) is 0. The number of ether oxygens (including phenoxy) is 2. The van der Waals surface area contributed by atoms with Crippen LogP contribution in [0.25, 0.3) is 0 Å². The van der Waals surface area contributed by atoms with Gasteiger partial charge in [0.05, 0.1) is 0 Å². The Labute approximate surface area is 86.7 Å². The molecule has 0 saturated carbocycles. The third-order valence-corrected chi connectivity index (χ3v) is 1.84. The van der Waals surface area contributed by atoms with Crippen molar-refractivity contribution in [2.24, 2.45) is 17.4 Å². The Kier molecular flexibility index (Phi) is 5.14. The Morgan fingerprint density at radius 3 is 2.07 bits per heavy atom. The van der Waals surface area contributed by atoms with Crippen molar-refractivity contribution in [3.8, 4) is 0 Å². The van der Waals surface area contributed by atoms with Gasteiger partial charge >= 0.3 is 18.2 Å². The van der Waals surface area contributed by atoms with Crippen molar-refractivity contribution >= 4 is 18.2 Å². The van der Waals surface area contributed by atoms with E-state index in [1.807, 2.05) is 0 Å². The first kappa shape index (κ1) is 13.2. The zero-order valence-corrected chi connectivity index (χ0v) is 8.56. The smallest absolute Gasteiger partial charge is 0.412 e. The highest BCUT2D eigenvalue weighted by molar-refractivity contribution is 5.87. The summed E-state index contributed by atoms with van der Waals surface area (Å²) in [6.45, 7) is 3.43. The van der Waals surface area contributed by atoms with Crippen LogP contribution in [0.3, 0.4) is 0 Å². The molecule has 0 aliphatic rings. The van der Waals surface area contributed by atoms with Gasteiger partial charge in [0.1, 0.15) is 0 Å². The van der Waals surface area contributed by atoms with Crippen LogP contribution in [0.15, 0.2) is 0 Å². The molecular weight excluding hydrogens is 204 g/mol. The average molecular weight is 218 g/mol. The lowest BCUT2D eigenvalue weighted by atomic mass is 10.0. The van der Waals surface area contributed by atoms with Crippen molar-refractivity contribution in [3.05, 3.63) is 0 Å². The number of hydrogen-bond donors (Lipinski definition) is 2. The molecule has 15 heavy (non-hydrogen) atoms. The van der Waals surface area contributed by atoms with Crippen LogP contribution in [0.2, 0.25) is 0 Å². The summed E-state index contributed by atoms with van der Waals surface area (Å²) in [7, 11) is 0. The lowest BCUT2D eigenvalue weighted by Crippen LogP contribution is -2.38. The number of amides is 2. The Morgan fingerprint density at radius 2 is 1.73 bits per heavy atom. The lowest BCUT2D eigenvalue weighted by Gasteiger charge is -2.19. The Morgan fingerprint density at radius 1 is 1.20 bits per heavy atom. The Hall–Kier alpha value is -1.79. The molecule has 7 nitrogen and oxygen atoms in total. The largest absolute Gasteiger partial charge is 0.434 e. The lowest BCUT2D eigenvalue weighted by molar-refractivity contribution is -0.149. The number of esters is 1. The fourth-order valence-corrected chi connectivity index (χ4v) is 0.893. The van der Waals surface area contributed by atoms with Crippen LogP contribution in [0.5, 0.6) is 0 Å². The van der Waals surface area contributed by atoms with Crippen molar-refractivity contribution < 1.29 is 23.9 Å². The SMILES string of the molecule is CCC(C)C(OC(N)=O)C(=O)OC(N)=O. The zero-order chi connectivity index (χ0) is 12.0. The fourth-order valence-electron chi connectivity index (χ4n) is 0.893. The van der Waals surface area contributed by atoms with E-state index in [-0.39, 0.29) is 5.92 Å². The van der Waals surface area contributed by atoms with E-state index >= 15 is 0 Å². The Balaban J connectivity index is 4.54. The van der Waals surface area contributed by atoms with Crippen LogP contribution in [0.1, 0.15) is 20.3 Å². The maximum absolute atomic E-state index is 11.2. The van der Waals surface area contributed by atoms with Gasteiger partial charge in [0.25, 0.3) is 0 Å². The molecule has 0 fully saturated rings. The molecule has 0 aromatic carbocycles. The highest BCUT2D eigenvalue weighted by Crippen LogP contribution is 2.13. The number of rotatable bonds is 4. The van der Waals surface area contributed by atoms with E-state index in [2.05, 4.69) is 15.2 Å². The quantitative estimate of drug-likeness (QED) is 0.512. The minimum atomic E-state index is -1.25. The summed E-state index contributed by atoms with van der Waals surface area (Å²) in [4.78, 5) is 32.0. The van der Waals surface area contributed by atoms with Gasteiger partial charge < -0.3 is 20.9 Å². The van der Waals surface area contributed by atoms with Crippen molar-refractivity contribution in [1.82, 2.24) is 0 Å². The van der Waals surface area contributed by atoms with Crippen LogP contribution in [-0.4, -0.2) is 24.3 Å². The molecule has 0 radical (unpaired) electrons. The predicted molar refractivity (Wildman–Crippen MR) is 49.6 cm³/mol. The standard InChI is InChI=1S/C8H14N2O5/c1-3-4(2)5(14-7(9)12)6(11)15-8(10)13/h4-5H,3H2,1-2H3,(H2,9,12)(H2,10,13). The molecule has 0 aliphatic carbocycles. The molecular formula is C8H14N2O5. The molecule has 86 valence electrons. The van der Waals surface area contributed by atoms with Crippen molar-refractivity contribution in [2.45, 2.75) is 26.4 Å². The molecule has 0 aromatic rings. The molecule has 2 atom stereocenters. The van der Waals surface area contributed by atoms with E-state index in [1.165, 1.54) is 0 Å². The molecule has 0 saturated heterocycles. The van der Waals surface area contributed by atoms with E-state index in [4.69, 9.17) is 5.73 Å². The first-order chi connectivity index (χ1) is 6.88. The number of primary amides is 2. The second kappa shape index (κ2) is 5.84. The first-order valence-corrected chi connectivity index (χ1v) is 4.35. The minimum absolute atomic E-state index is 0.315. The molecule has 7 heteroatoms. The molecule has 2 unspecified atom stereocenters. The van der Waals surface area contributed by atoms with Gasteiger partial charge in [-0.25, -0.2) is 14.4 Å². The number of carbonyl (C=O) groups is 3. The summed E-state index contributed by atoms with van der Waals surface area (Å²) >= 11 is 0. The van der Waals surface area contributed by atoms with Crippen LogP contribution >= 0.6 is 0 Å². The number of hydrogen-bond acceptors (Lipinski definition) is 5. The van der Waals surface area contributed by atoms with Crippen molar-refractivity contribution in [2.75, 3.05) is 0 Å². The van der Waals surface area contributed by atoms with Gasteiger partial charge in [-0.1, -0.05) is 13.8 Å². The summed E-state index contributed by atoms with van der Waals surface area (Å²) in [6.07, 6.45) is -3.02. The second-order valence-corrected chi connectivity index (χ2v) is 2.98. The van der Waals surface area contributed by atoms with E-state index in [1.54, 1.807) is 13.8 Å². The van der Waals surface area contributed by atoms with Crippen molar-refractivity contribution in [1.29, 1.82) is 0 Å². The molecule has 0 aliphatic heterocycles. The van der Waals surface area contributed by atoms with Gasteiger partial charge in [0.15, 0.2) is 0 Å². The molecule has 0 heterocycles. The van der Waals surface area contributed by atoms with Crippen LogP contribution in [-0.2, 0) is 14.3 Å². The van der Waals surface area contributed by atoms with E-state index < -0.39 is 24.3 Å². The first-order valence-electron chi connectivity index (χ1n) is 4.35. The predicted octanol–water partition coefficient (Wildman–Crippen LogP) is 0.118. The van der Waals surface area contributed by atoms with Crippen molar-refractivity contribution in [3.63, 3.8) is 0 Å². The third kappa shape index (κ3) is 4.84. The van der Waals surface area contributed by atoms with Gasteiger partial charge in [-0.05, 0) is 6.42 Å². The number of carbonyl (C=O) groups excluding carboxylic acids is 3. The molecule has 4 N–H and O–H groups in total. The van der Waals surface area contributed by atoms with Gasteiger partial charge in [0.2, 0.25) is 6.10 Å². The topological polar surface area (TPSA) is 122 Å². The highest BCUT2D eigenvalue weighted by Gasteiger charge is 2.30.